The van der Waals surface area contributed by atoms with Crippen LogP contribution in [0.1, 0.15) is 44.4 Å². The molecule has 0 saturated carbocycles. The maximum absolute atomic E-state index is 12.4. The Morgan fingerprint density at radius 1 is 1.03 bits per heavy atom. The van der Waals surface area contributed by atoms with Crippen LogP contribution in [0.15, 0.2) is 42.5 Å². The molecule has 1 aliphatic heterocycles. The van der Waals surface area contributed by atoms with Crippen LogP contribution in [0.5, 0.6) is 0 Å². The second kappa shape index (κ2) is 8.52. The lowest BCUT2D eigenvalue weighted by molar-refractivity contribution is -0.384. The van der Waals surface area contributed by atoms with Gasteiger partial charge >= 0.3 is 6.03 Å². The van der Waals surface area contributed by atoms with Gasteiger partial charge in [-0.05, 0) is 43.7 Å². The molecule has 0 unspecified atom stereocenters. The second-order valence-corrected chi connectivity index (χ2v) is 6.62. The van der Waals surface area contributed by atoms with E-state index in [2.05, 4.69) is 10.6 Å². The molecule has 3 rings (SSSR count). The third-order valence-corrected chi connectivity index (χ3v) is 4.56. The standard InChI is InChI=1S/C20H18N4O6/c1-12(25)13-3-5-14(6-4-13)22-20(28)21-9-2-10-23-18(26)16-8-7-15(24(29)30)11-17(16)19(23)27/h3-8,11H,2,9-10H2,1H3,(H2,21,22,28). The van der Waals surface area contributed by atoms with Gasteiger partial charge in [0.2, 0.25) is 0 Å². The van der Waals surface area contributed by atoms with E-state index < -0.39 is 22.8 Å². The highest BCUT2D eigenvalue weighted by molar-refractivity contribution is 6.21. The topological polar surface area (TPSA) is 139 Å². The van der Waals surface area contributed by atoms with Crippen molar-refractivity contribution in [3.05, 3.63) is 69.3 Å². The largest absolute Gasteiger partial charge is 0.338 e. The summed E-state index contributed by atoms with van der Waals surface area (Å²) in [5.41, 5.74) is 0.928. The van der Waals surface area contributed by atoms with Crippen molar-refractivity contribution in [2.45, 2.75) is 13.3 Å². The molecule has 0 fully saturated rings. The Morgan fingerprint density at radius 2 is 1.70 bits per heavy atom. The molecule has 0 radical (unpaired) electrons. The van der Waals surface area contributed by atoms with E-state index in [0.717, 1.165) is 11.0 Å². The van der Waals surface area contributed by atoms with Gasteiger partial charge in [0.05, 0.1) is 16.1 Å². The van der Waals surface area contributed by atoms with Crippen LogP contribution >= 0.6 is 0 Å². The van der Waals surface area contributed by atoms with Gasteiger partial charge in [0, 0.05) is 36.5 Å². The Kier molecular flexibility index (Phi) is 5.86. The number of imide groups is 1. The summed E-state index contributed by atoms with van der Waals surface area (Å²) in [6.07, 6.45) is 0.310. The molecule has 1 aliphatic rings. The van der Waals surface area contributed by atoms with Crippen molar-refractivity contribution in [1.82, 2.24) is 10.2 Å². The Morgan fingerprint density at radius 3 is 2.33 bits per heavy atom. The number of benzene rings is 2. The van der Waals surface area contributed by atoms with Crippen LogP contribution in [-0.2, 0) is 0 Å². The van der Waals surface area contributed by atoms with Crippen molar-refractivity contribution < 1.29 is 24.1 Å². The molecule has 4 amide bonds. The lowest BCUT2D eigenvalue weighted by Crippen LogP contribution is -2.35. The predicted molar refractivity (Wildman–Crippen MR) is 107 cm³/mol. The van der Waals surface area contributed by atoms with E-state index in [9.17, 15) is 29.3 Å². The minimum Gasteiger partial charge on any atom is -0.338 e. The molecule has 154 valence electrons. The van der Waals surface area contributed by atoms with Crippen LogP contribution in [-0.4, -0.2) is 46.5 Å². The fourth-order valence-corrected chi connectivity index (χ4v) is 3.00. The number of urea groups is 1. The number of Topliss-reactive ketones (excluding diaryl/α,β-unsaturated/α-hetero) is 1. The number of anilines is 1. The van der Waals surface area contributed by atoms with Gasteiger partial charge in [-0.3, -0.25) is 29.4 Å². The molecule has 0 aromatic heterocycles. The Hall–Kier alpha value is -4.08. The number of nitrogens with zero attached hydrogens (tertiary/aromatic N) is 2. The highest BCUT2D eigenvalue weighted by Crippen LogP contribution is 2.26. The first-order chi connectivity index (χ1) is 14.3. The molecule has 0 bridgehead atoms. The summed E-state index contributed by atoms with van der Waals surface area (Å²) in [7, 11) is 0. The highest BCUT2D eigenvalue weighted by atomic mass is 16.6. The van der Waals surface area contributed by atoms with Gasteiger partial charge < -0.3 is 10.6 Å². The third-order valence-electron chi connectivity index (χ3n) is 4.56. The van der Waals surface area contributed by atoms with E-state index in [0.29, 0.717) is 17.7 Å². The molecular formula is C20H18N4O6. The fraction of sp³-hybridized carbons (Fsp3) is 0.200. The molecule has 2 N–H and O–H groups in total. The van der Waals surface area contributed by atoms with E-state index in [1.165, 1.54) is 19.1 Å². The fourth-order valence-electron chi connectivity index (χ4n) is 3.00. The quantitative estimate of drug-likeness (QED) is 0.236. The Bertz CT molecular complexity index is 1050. The smallest absolute Gasteiger partial charge is 0.319 e. The van der Waals surface area contributed by atoms with Gasteiger partial charge in [-0.1, -0.05) is 0 Å². The van der Waals surface area contributed by atoms with Crippen molar-refractivity contribution in [1.29, 1.82) is 0 Å². The van der Waals surface area contributed by atoms with E-state index in [-0.39, 0.29) is 35.7 Å². The lowest BCUT2D eigenvalue weighted by atomic mass is 10.1. The Balaban J connectivity index is 1.49. The number of fused-ring (bicyclic) bond motifs is 1. The number of carbonyl (C=O) groups excluding carboxylic acids is 4. The molecule has 30 heavy (non-hydrogen) atoms. The number of hydrogen-bond acceptors (Lipinski definition) is 6. The average molecular weight is 410 g/mol. The summed E-state index contributed by atoms with van der Waals surface area (Å²) < 4.78 is 0. The summed E-state index contributed by atoms with van der Waals surface area (Å²) in [5, 5.41) is 16.1. The molecule has 0 saturated heterocycles. The molecule has 0 spiro atoms. The Labute approximate surface area is 171 Å². The van der Waals surface area contributed by atoms with Gasteiger partial charge in [-0.25, -0.2) is 4.79 Å². The number of nitro benzene ring substituents is 1. The maximum atomic E-state index is 12.4. The molecule has 1 heterocycles. The summed E-state index contributed by atoms with van der Waals surface area (Å²) in [6, 6.07) is 9.50. The SMILES string of the molecule is CC(=O)c1ccc(NC(=O)NCCCN2C(=O)c3ccc([N+](=O)[O-])cc3C2=O)cc1. The van der Waals surface area contributed by atoms with E-state index in [1.807, 2.05) is 0 Å². The normalized spacial score (nSPS) is 12.5. The second-order valence-electron chi connectivity index (χ2n) is 6.62. The number of non-ortho nitro benzene ring substituents is 1. The van der Waals surface area contributed by atoms with Crippen LogP contribution in [0, 0.1) is 10.1 Å². The van der Waals surface area contributed by atoms with Crippen molar-refractivity contribution in [3.63, 3.8) is 0 Å². The summed E-state index contributed by atoms with van der Waals surface area (Å²) in [5.74, 6) is -1.18. The molecular weight excluding hydrogens is 392 g/mol. The number of rotatable bonds is 7. The number of nitro groups is 1. The monoisotopic (exact) mass is 410 g/mol. The van der Waals surface area contributed by atoms with Crippen molar-refractivity contribution in [2.75, 3.05) is 18.4 Å². The zero-order chi connectivity index (χ0) is 21.8. The summed E-state index contributed by atoms with van der Waals surface area (Å²) in [6.45, 7) is 1.71. The first-order valence-corrected chi connectivity index (χ1v) is 9.08. The molecule has 2 aromatic rings. The summed E-state index contributed by atoms with van der Waals surface area (Å²) >= 11 is 0. The minimum absolute atomic E-state index is 0.00825. The summed E-state index contributed by atoms with van der Waals surface area (Å²) in [4.78, 5) is 59.1. The lowest BCUT2D eigenvalue weighted by Gasteiger charge is -2.14. The van der Waals surface area contributed by atoms with Crippen molar-refractivity contribution in [2.24, 2.45) is 0 Å². The number of hydrogen-bond donors (Lipinski definition) is 2. The maximum Gasteiger partial charge on any atom is 0.319 e. The van der Waals surface area contributed by atoms with Gasteiger partial charge in [0.25, 0.3) is 17.5 Å². The van der Waals surface area contributed by atoms with Crippen LogP contribution < -0.4 is 10.6 Å². The first kappa shape index (κ1) is 20.6. The van der Waals surface area contributed by atoms with E-state index in [1.54, 1.807) is 24.3 Å². The number of carbonyl (C=O) groups is 4. The number of amides is 4. The van der Waals surface area contributed by atoms with Gasteiger partial charge in [0.15, 0.2) is 5.78 Å². The van der Waals surface area contributed by atoms with Crippen molar-refractivity contribution >= 4 is 35.0 Å². The zero-order valence-electron chi connectivity index (χ0n) is 16.0. The predicted octanol–water partition coefficient (Wildman–Crippen LogP) is 2.61. The average Bonchev–Trinajstić information content (AvgIpc) is 2.95. The molecule has 0 atom stereocenters. The van der Waals surface area contributed by atoms with E-state index >= 15 is 0 Å². The van der Waals surface area contributed by atoms with Gasteiger partial charge in [-0.15, -0.1) is 0 Å². The first-order valence-electron chi connectivity index (χ1n) is 9.08. The minimum atomic E-state index is -0.628. The number of ketones is 1. The van der Waals surface area contributed by atoms with Gasteiger partial charge in [0.1, 0.15) is 0 Å². The molecule has 2 aromatic carbocycles. The molecule has 10 nitrogen and oxygen atoms in total. The van der Waals surface area contributed by atoms with Gasteiger partial charge in [-0.2, -0.15) is 0 Å². The van der Waals surface area contributed by atoms with E-state index in [4.69, 9.17) is 0 Å². The van der Waals surface area contributed by atoms with Crippen LogP contribution in [0.25, 0.3) is 0 Å². The molecule has 0 aliphatic carbocycles. The highest BCUT2D eigenvalue weighted by Gasteiger charge is 2.36. The third kappa shape index (κ3) is 4.32. The van der Waals surface area contributed by atoms with Crippen LogP contribution in [0.3, 0.4) is 0 Å². The van der Waals surface area contributed by atoms with Crippen molar-refractivity contribution in [3.8, 4) is 0 Å². The zero-order valence-corrected chi connectivity index (χ0v) is 16.0. The van der Waals surface area contributed by atoms with Crippen LogP contribution in [0.2, 0.25) is 0 Å². The van der Waals surface area contributed by atoms with Crippen LogP contribution in [0.4, 0.5) is 16.2 Å². The number of nitrogens with one attached hydrogen (secondary N) is 2. The molecule has 10 heteroatoms.